The van der Waals surface area contributed by atoms with E-state index in [0.717, 1.165) is 11.8 Å². The number of nitrogens with zero attached hydrogens (tertiary/aromatic N) is 3. The lowest BCUT2D eigenvalue weighted by atomic mass is 10.2. The molecule has 0 atom stereocenters. The Bertz CT molecular complexity index is 771. The number of hydrogen-bond acceptors (Lipinski definition) is 8. The highest BCUT2D eigenvalue weighted by Gasteiger charge is 2.16. The van der Waals surface area contributed by atoms with Crippen molar-refractivity contribution in [2.75, 3.05) is 26.1 Å². The predicted molar refractivity (Wildman–Crippen MR) is 88.3 cm³/mol. The quantitative estimate of drug-likeness (QED) is 0.591. The number of ether oxygens (including phenoxy) is 3. The molecule has 25 heavy (non-hydrogen) atoms. The van der Waals surface area contributed by atoms with E-state index in [0.29, 0.717) is 18.0 Å². The van der Waals surface area contributed by atoms with Crippen LogP contribution in [-0.4, -0.2) is 47.5 Å². The summed E-state index contributed by atoms with van der Waals surface area (Å²) < 4.78 is 16.5. The predicted octanol–water partition coefficient (Wildman–Crippen LogP) is 1.31. The van der Waals surface area contributed by atoms with Crippen LogP contribution in [0.3, 0.4) is 0 Å². The molecule has 1 aromatic heterocycles. The highest BCUT2D eigenvalue weighted by Crippen LogP contribution is 2.29. The molecule has 9 nitrogen and oxygen atoms in total. The highest BCUT2D eigenvalue weighted by molar-refractivity contribution is 5.99. The van der Waals surface area contributed by atoms with E-state index in [1.165, 1.54) is 26.9 Å². The Hall–Kier alpha value is -3.36. The molecule has 0 unspecified atom stereocenters. The SMILES string of the molecule is CCOc1ccc(-n2cnnc2)cc1N/C(=C/C(=O)OC)C(=O)OC. The molecule has 0 fully saturated rings. The van der Waals surface area contributed by atoms with Crippen molar-refractivity contribution in [1.82, 2.24) is 14.8 Å². The summed E-state index contributed by atoms with van der Waals surface area (Å²) >= 11 is 0. The summed E-state index contributed by atoms with van der Waals surface area (Å²) in [5.74, 6) is -0.914. The van der Waals surface area contributed by atoms with Crippen LogP contribution < -0.4 is 10.1 Å². The molecule has 0 radical (unpaired) electrons. The van der Waals surface area contributed by atoms with Crippen molar-refractivity contribution in [3.05, 3.63) is 42.6 Å². The number of hydrogen-bond donors (Lipinski definition) is 1. The number of anilines is 1. The Morgan fingerprint density at radius 3 is 2.52 bits per heavy atom. The second kappa shape index (κ2) is 8.48. The van der Waals surface area contributed by atoms with Crippen molar-refractivity contribution in [3.63, 3.8) is 0 Å². The van der Waals surface area contributed by atoms with Gasteiger partial charge < -0.3 is 19.5 Å². The summed E-state index contributed by atoms with van der Waals surface area (Å²) in [5, 5.41) is 10.4. The van der Waals surface area contributed by atoms with Gasteiger partial charge >= 0.3 is 11.9 Å². The molecular weight excluding hydrogens is 328 g/mol. The molecule has 9 heteroatoms. The monoisotopic (exact) mass is 346 g/mol. The zero-order valence-corrected chi connectivity index (χ0v) is 14.1. The van der Waals surface area contributed by atoms with Gasteiger partial charge in [0.05, 0.1) is 38.3 Å². The van der Waals surface area contributed by atoms with Crippen LogP contribution in [0.25, 0.3) is 5.69 Å². The van der Waals surface area contributed by atoms with Crippen molar-refractivity contribution >= 4 is 17.6 Å². The number of aromatic nitrogens is 3. The van der Waals surface area contributed by atoms with E-state index in [2.05, 4.69) is 25.0 Å². The van der Waals surface area contributed by atoms with Gasteiger partial charge in [0.1, 0.15) is 24.1 Å². The fourth-order valence-electron chi connectivity index (χ4n) is 1.97. The number of benzene rings is 1. The molecule has 0 aliphatic carbocycles. The molecule has 0 saturated carbocycles. The van der Waals surface area contributed by atoms with Crippen molar-refractivity contribution < 1.29 is 23.8 Å². The lowest BCUT2D eigenvalue weighted by Gasteiger charge is -2.15. The highest BCUT2D eigenvalue weighted by atomic mass is 16.5. The summed E-state index contributed by atoms with van der Waals surface area (Å²) in [6, 6.07) is 5.26. The molecule has 1 N–H and O–H groups in total. The maximum absolute atomic E-state index is 11.9. The van der Waals surface area contributed by atoms with Gasteiger partial charge in [0.2, 0.25) is 0 Å². The molecule has 2 aromatic rings. The fourth-order valence-corrected chi connectivity index (χ4v) is 1.97. The summed E-state index contributed by atoms with van der Waals surface area (Å²) in [4.78, 5) is 23.4. The van der Waals surface area contributed by atoms with E-state index in [9.17, 15) is 9.59 Å². The third-order valence-corrected chi connectivity index (χ3v) is 3.12. The molecule has 1 heterocycles. The summed E-state index contributed by atoms with van der Waals surface area (Å²) in [7, 11) is 2.43. The molecule has 0 aliphatic heterocycles. The number of methoxy groups -OCH3 is 2. The molecule has 2 rings (SSSR count). The van der Waals surface area contributed by atoms with Gasteiger partial charge in [0.15, 0.2) is 0 Å². The number of carbonyl (C=O) groups excluding carboxylic acids is 2. The first-order valence-electron chi connectivity index (χ1n) is 7.35. The summed E-state index contributed by atoms with van der Waals surface area (Å²) in [5.41, 5.74) is 1.11. The number of esters is 2. The average Bonchev–Trinajstić information content (AvgIpc) is 3.16. The molecule has 0 bridgehead atoms. The van der Waals surface area contributed by atoms with Crippen LogP contribution >= 0.6 is 0 Å². The minimum absolute atomic E-state index is 0.0868. The maximum atomic E-state index is 11.9. The van der Waals surface area contributed by atoms with Crippen molar-refractivity contribution in [2.45, 2.75) is 6.92 Å². The largest absolute Gasteiger partial charge is 0.492 e. The van der Waals surface area contributed by atoms with E-state index < -0.39 is 11.9 Å². The molecule has 132 valence electrons. The second-order valence-electron chi connectivity index (χ2n) is 4.68. The molecule has 1 aromatic carbocycles. The first-order valence-corrected chi connectivity index (χ1v) is 7.35. The van der Waals surface area contributed by atoms with Gasteiger partial charge in [-0.1, -0.05) is 0 Å². The van der Waals surface area contributed by atoms with Crippen LogP contribution in [0.15, 0.2) is 42.6 Å². The van der Waals surface area contributed by atoms with Gasteiger partial charge in [-0.2, -0.15) is 0 Å². The zero-order valence-electron chi connectivity index (χ0n) is 14.1. The number of nitrogens with one attached hydrogen (secondary N) is 1. The molecule has 0 saturated heterocycles. The van der Waals surface area contributed by atoms with Gasteiger partial charge in [0.25, 0.3) is 0 Å². The summed E-state index contributed by atoms with van der Waals surface area (Å²) in [6.07, 6.45) is 4.07. The Balaban J connectivity index is 2.42. The smallest absolute Gasteiger partial charge is 0.354 e. The number of carbonyl (C=O) groups is 2. The third kappa shape index (κ3) is 4.56. The van der Waals surface area contributed by atoms with Crippen LogP contribution in [0.1, 0.15) is 6.92 Å². The van der Waals surface area contributed by atoms with Gasteiger partial charge in [-0.15, -0.1) is 10.2 Å². The van der Waals surface area contributed by atoms with E-state index >= 15 is 0 Å². The minimum Gasteiger partial charge on any atom is -0.492 e. The fraction of sp³-hybridized carbons (Fsp3) is 0.250. The first kappa shape index (κ1) is 18.0. The van der Waals surface area contributed by atoms with Crippen LogP contribution in [0.5, 0.6) is 5.75 Å². The van der Waals surface area contributed by atoms with Crippen LogP contribution in [-0.2, 0) is 19.1 Å². The lowest BCUT2D eigenvalue weighted by molar-refractivity contribution is -0.138. The third-order valence-electron chi connectivity index (χ3n) is 3.12. The Labute approximate surface area is 144 Å². The van der Waals surface area contributed by atoms with E-state index in [-0.39, 0.29) is 5.70 Å². The van der Waals surface area contributed by atoms with Crippen LogP contribution in [0.2, 0.25) is 0 Å². The standard InChI is InChI=1S/C16H18N4O5/c1-4-25-14-6-5-11(20-9-17-18-10-20)7-12(14)19-13(16(22)24-3)8-15(21)23-2/h5-10,19H,4H2,1-3H3/b13-8+. The van der Waals surface area contributed by atoms with Gasteiger partial charge in [-0.05, 0) is 25.1 Å². The van der Waals surface area contributed by atoms with Crippen molar-refractivity contribution in [3.8, 4) is 11.4 Å². The van der Waals surface area contributed by atoms with Gasteiger partial charge in [-0.25, -0.2) is 9.59 Å². The Morgan fingerprint density at radius 2 is 1.92 bits per heavy atom. The topological polar surface area (TPSA) is 105 Å². The molecular formula is C16H18N4O5. The van der Waals surface area contributed by atoms with Crippen molar-refractivity contribution in [1.29, 1.82) is 0 Å². The second-order valence-corrected chi connectivity index (χ2v) is 4.68. The Kier molecular flexibility index (Phi) is 6.10. The van der Waals surface area contributed by atoms with E-state index in [1.807, 2.05) is 6.92 Å². The minimum atomic E-state index is -0.720. The average molecular weight is 346 g/mol. The maximum Gasteiger partial charge on any atom is 0.354 e. The molecule has 0 aliphatic rings. The molecule has 0 spiro atoms. The van der Waals surface area contributed by atoms with Crippen molar-refractivity contribution in [2.24, 2.45) is 0 Å². The van der Waals surface area contributed by atoms with Gasteiger partial charge in [-0.3, -0.25) is 4.57 Å². The Morgan fingerprint density at radius 1 is 1.20 bits per heavy atom. The summed E-state index contributed by atoms with van der Waals surface area (Å²) in [6.45, 7) is 2.26. The molecule has 0 amide bonds. The van der Waals surface area contributed by atoms with Gasteiger partial charge in [0, 0.05) is 0 Å². The van der Waals surface area contributed by atoms with E-state index in [4.69, 9.17) is 4.74 Å². The first-order chi connectivity index (χ1) is 12.1. The number of rotatable bonds is 7. The zero-order chi connectivity index (χ0) is 18.2. The normalized spacial score (nSPS) is 10.9. The lowest BCUT2D eigenvalue weighted by Crippen LogP contribution is -2.16. The van der Waals surface area contributed by atoms with Crippen LogP contribution in [0, 0.1) is 0 Å². The van der Waals surface area contributed by atoms with E-state index in [1.54, 1.807) is 22.8 Å². The van der Waals surface area contributed by atoms with Crippen LogP contribution in [0.4, 0.5) is 5.69 Å².